The van der Waals surface area contributed by atoms with Crippen LogP contribution in [0.1, 0.15) is 12.5 Å². The number of β-lactam (4-membered cyclic amide) rings is 1. The van der Waals surface area contributed by atoms with Crippen molar-refractivity contribution < 1.29 is 33.9 Å². The summed E-state index contributed by atoms with van der Waals surface area (Å²) in [5.41, 5.74) is 0.396. The number of rotatable bonds is 6. The Balaban J connectivity index is 1.70. The average Bonchev–Trinajstić information content (AvgIpc) is 2.88. The molecule has 1 N–H and O–H groups in total. The van der Waals surface area contributed by atoms with Gasteiger partial charge in [-0.25, -0.2) is 4.79 Å². The molecule has 2 aliphatic rings. The zero-order valence-corrected chi connectivity index (χ0v) is 14.6. The molecule has 1 aromatic rings. The Bertz CT molecular complexity index is 791. The van der Waals surface area contributed by atoms with Gasteiger partial charge in [-0.15, -0.1) is 0 Å². The Morgan fingerprint density at radius 2 is 1.96 bits per heavy atom. The third kappa shape index (κ3) is 3.06. The van der Waals surface area contributed by atoms with E-state index >= 15 is 0 Å². The number of benzene rings is 1. The summed E-state index contributed by atoms with van der Waals surface area (Å²) >= 11 is 0. The van der Waals surface area contributed by atoms with Crippen molar-refractivity contribution in [3.05, 3.63) is 39.9 Å². The Morgan fingerprint density at radius 3 is 2.48 bits per heavy atom. The van der Waals surface area contributed by atoms with Crippen molar-refractivity contribution in [1.82, 2.24) is 4.90 Å². The first-order chi connectivity index (χ1) is 12.8. The van der Waals surface area contributed by atoms with Crippen LogP contribution < -0.4 is 0 Å². The number of nitrogens with zero attached hydrogens (tertiary/aromatic N) is 2. The van der Waals surface area contributed by atoms with Crippen LogP contribution in [-0.2, 0) is 30.5 Å². The van der Waals surface area contributed by atoms with E-state index < -0.39 is 52.8 Å². The summed E-state index contributed by atoms with van der Waals surface area (Å²) in [7, 11) is 1.30. The monoisotopic (exact) mass is 378 g/mol. The third-order valence-electron chi connectivity index (χ3n) is 4.89. The fourth-order valence-electron chi connectivity index (χ4n) is 3.57. The molecule has 10 nitrogen and oxygen atoms in total. The highest BCUT2D eigenvalue weighted by molar-refractivity contribution is 6.13. The van der Waals surface area contributed by atoms with Crippen molar-refractivity contribution in [1.29, 1.82) is 0 Å². The van der Waals surface area contributed by atoms with Gasteiger partial charge in [0.15, 0.2) is 11.8 Å². The van der Waals surface area contributed by atoms with Crippen LogP contribution in [0.2, 0.25) is 0 Å². The maximum atomic E-state index is 12.5. The van der Waals surface area contributed by atoms with Gasteiger partial charge in [-0.3, -0.25) is 19.7 Å². The quantitative estimate of drug-likeness (QED) is 0.236. The molecule has 1 unspecified atom stereocenters. The number of carbonyl (C=O) groups is 3. The number of hydrogen-bond donors (Lipinski definition) is 1. The van der Waals surface area contributed by atoms with Gasteiger partial charge in [0.05, 0.1) is 23.0 Å². The molecule has 27 heavy (non-hydrogen) atoms. The van der Waals surface area contributed by atoms with E-state index in [1.165, 1.54) is 38.3 Å². The number of hydrogen-bond acceptors (Lipinski definition) is 8. The maximum Gasteiger partial charge on any atom is 0.337 e. The van der Waals surface area contributed by atoms with Gasteiger partial charge in [-0.2, -0.15) is 0 Å². The first-order valence-corrected chi connectivity index (χ1v) is 8.24. The number of esters is 1. The zero-order chi connectivity index (χ0) is 19.9. The van der Waals surface area contributed by atoms with Gasteiger partial charge >= 0.3 is 5.97 Å². The van der Waals surface area contributed by atoms with E-state index in [4.69, 9.17) is 9.47 Å². The molecule has 0 aliphatic carbocycles. The summed E-state index contributed by atoms with van der Waals surface area (Å²) in [5.74, 6) is -2.79. The van der Waals surface area contributed by atoms with Gasteiger partial charge in [0.1, 0.15) is 12.7 Å². The normalized spacial score (nSPS) is 27.7. The molecular weight excluding hydrogens is 360 g/mol. The van der Waals surface area contributed by atoms with E-state index in [1.807, 2.05) is 0 Å². The number of nitro benzene ring substituents is 1. The van der Waals surface area contributed by atoms with Gasteiger partial charge in [-0.1, -0.05) is 0 Å². The van der Waals surface area contributed by atoms with Crippen molar-refractivity contribution in [3.8, 4) is 0 Å². The Morgan fingerprint density at radius 1 is 1.33 bits per heavy atom. The number of carbonyl (C=O) groups excluding carboxylic acids is 3. The van der Waals surface area contributed by atoms with E-state index in [0.29, 0.717) is 5.56 Å². The van der Waals surface area contributed by atoms with Crippen molar-refractivity contribution in [3.63, 3.8) is 0 Å². The lowest BCUT2D eigenvalue weighted by atomic mass is 9.82. The molecule has 2 fully saturated rings. The number of methoxy groups -OCH3 is 1. The van der Waals surface area contributed by atoms with E-state index in [2.05, 4.69) is 0 Å². The van der Waals surface area contributed by atoms with Crippen LogP contribution in [0.15, 0.2) is 24.3 Å². The predicted octanol–water partition coefficient (Wildman–Crippen LogP) is -0.188. The molecule has 0 spiro atoms. The first-order valence-electron chi connectivity index (χ1n) is 8.24. The molecule has 0 saturated carbocycles. The van der Waals surface area contributed by atoms with E-state index in [9.17, 15) is 29.6 Å². The highest BCUT2D eigenvalue weighted by Gasteiger charge is 2.66. The number of non-ortho nitro benzene ring substituents is 1. The Labute approximate surface area is 153 Å². The molecule has 10 heteroatoms. The summed E-state index contributed by atoms with van der Waals surface area (Å²) in [6, 6.07) is 3.29. The lowest BCUT2D eigenvalue weighted by molar-refractivity contribution is -0.384. The summed E-state index contributed by atoms with van der Waals surface area (Å²) in [6.07, 6.45) is -1.97. The molecule has 2 saturated heterocycles. The van der Waals surface area contributed by atoms with E-state index in [0.717, 1.165) is 4.90 Å². The van der Waals surface area contributed by atoms with Crippen LogP contribution >= 0.6 is 0 Å². The lowest BCUT2D eigenvalue weighted by Crippen LogP contribution is -2.66. The van der Waals surface area contributed by atoms with Crippen LogP contribution in [0.5, 0.6) is 0 Å². The Kier molecular flexibility index (Phi) is 4.94. The third-order valence-corrected chi connectivity index (χ3v) is 4.89. The summed E-state index contributed by atoms with van der Waals surface area (Å²) in [5, 5.41) is 20.4. The van der Waals surface area contributed by atoms with Crippen LogP contribution in [-0.4, -0.2) is 64.0 Å². The average molecular weight is 378 g/mol. The maximum absolute atomic E-state index is 12.5. The molecule has 144 valence electrons. The largest absolute Gasteiger partial charge is 0.459 e. The standard InChI is InChI=1S/C17H18N2O8/c1-8(20)11-12-15(26-2)14(21)13(18(12)16(11)22)17(23)27-7-9-3-5-10(6-4-9)19(24)25/h3-6,8,11-13,15,20H,7H2,1-2H3/t8-,11-,12-,13?,15-/m1/s1. The number of aliphatic hydroxyl groups excluding tert-OH is 1. The summed E-state index contributed by atoms with van der Waals surface area (Å²) < 4.78 is 10.3. The topological polar surface area (TPSA) is 136 Å². The number of aliphatic hydroxyl groups is 1. The van der Waals surface area contributed by atoms with Crippen molar-refractivity contribution >= 4 is 23.3 Å². The number of ether oxygens (including phenoxy) is 2. The fourth-order valence-corrected chi connectivity index (χ4v) is 3.57. The molecule has 5 atom stereocenters. The lowest BCUT2D eigenvalue weighted by Gasteiger charge is -2.46. The predicted molar refractivity (Wildman–Crippen MR) is 88.3 cm³/mol. The number of amides is 1. The molecule has 1 amide bonds. The Hall–Kier alpha value is -2.85. The molecule has 2 aliphatic heterocycles. The van der Waals surface area contributed by atoms with Crippen LogP contribution in [0.3, 0.4) is 0 Å². The van der Waals surface area contributed by atoms with E-state index in [-0.39, 0.29) is 12.3 Å². The smallest absolute Gasteiger partial charge is 0.337 e. The minimum absolute atomic E-state index is 0.0998. The van der Waals surface area contributed by atoms with Gasteiger partial charge in [0.25, 0.3) is 5.69 Å². The molecule has 0 radical (unpaired) electrons. The van der Waals surface area contributed by atoms with Gasteiger partial charge in [-0.05, 0) is 24.6 Å². The highest BCUT2D eigenvalue weighted by atomic mass is 16.6. The number of fused-ring (bicyclic) bond motifs is 1. The molecule has 0 aromatic heterocycles. The summed E-state index contributed by atoms with van der Waals surface area (Å²) in [4.78, 5) is 48.4. The molecular formula is C17H18N2O8. The molecule has 2 heterocycles. The molecule has 0 bridgehead atoms. The summed E-state index contributed by atoms with van der Waals surface area (Å²) in [6.45, 7) is 1.24. The number of ketones is 1. The fraction of sp³-hybridized carbons (Fsp3) is 0.471. The van der Waals surface area contributed by atoms with Crippen LogP contribution in [0.4, 0.5) is 5.69 Å². The van der Waals surface area contributed by atoms with Gasteiger partial charge in [0, 0.05) is 19.2 Å². The molecule has 1 aromatic carbocycles. The second-order valence-electron chi connectivity index (χ2n) is 6.49. The number of nitro groups is 1. The van der Waals surface area contributed by atoms with Gasteiger partial charge in [0.2, 0.25) is 5.91 Å². The van der Waals surface area contributed by atoms with Crippen molar-refractivity contribution in [2.24, 2.45) is 5.92 Å². The number of Topliss-reactive ketones (excluding diaryl/α,β-unsaturated/α-hetero) is 1. The second-order valence-corrected chi connectivity index (χ2v) is 6.49. The van der Waals surface area contributed by atoms with E-state index in [1.54, 1.807) is 0 Å². The minimum atomic E-state index is -1.42. The SMILES string of the molecule is CO[C@H]1C(=O)C(C(=O)OCc2ccc([N+](=O)[O-])cc2)N2C(=O)[C@H]([C@@H](C)O)[C@H]12. The second kappa shape index (κ2) is 7.05. The van der Waals surface area contributed by atoms with Crippen molar-refractivity contribution in [2.75, 3.05) is 7.11 Å². The molecule has 3 rings (SSSR count). The zero-order valence-electron chi connectivity index (χ0n) is 14.6. The van der Waals surface area contributed by atoms with Crippen LogP contribution in [0.25, 0.3) is 0 Å². The first kappa shape index (κ1) is 18.9. The van der Waals surface area contributed by atoms with Gasteiger partial charge < -0.3 is 19.5 Å². The highest BCUT2D eigenvalue weighted by Crippen LogP contribution is 2.41. The minimum Gasteiger partial charge on any atom is -0.459 e. The van der Waals surface area contributed by atoms with Crippen LogP contribution in [0, 0.1) is 16.0 Å². The van der Waals surface area contributed by atoms with Crippen molar-refractivity contribution in [2.45, 2.75) is 37.8 Å².